The molecule has 1 aliphatic heterocycles. The summed E-state index contributed by atoms with van der Waals surface area (Å²) in [6.45, 7) is 10.3. The van der Waals surface area contributed by atoms with E-state index in [2.05, 4.69) is 39.2 Å². The van der Waals surface area contributed by atoms with E-state index >= 15 is 0 Å². The van der Waals surface area contributed by atoms with Crippen LogP contribution in [0.5, 0.6) is 0 Å². The van der Waals surface area contributed by atoms with Gasteiger partial charge in [0.15, 0.2) is 11.5 Å². The monoisotopic (exact) mass is 403 g/mol. The Hall–Kier alpha value is -2.99. The van der Waals surface area contributed by atoms with E-state index in [-0.39, 0.29) is 11.9 Å². The van der Waals surface area contributed by atoms with Gasteiger partial charge in [0.25, 0.3) is 5.91 Å². The van der Waals surface area contributed by atoms with Crippen molar-refractivity contribution in [3.63, 3.8) is 0 Å². The second kappa shape index (κ2) is 8.79. The first kappa shape index (κ1) is 20.3. The molecule has 30 heavy (non-hydrogen) atoms. The van der Waals surface area contributed by atoms with Gasteiger partial charge >= 0.3 is 0 Å². The van der Waals surface area contributed by atoms with Crippen LogP contribution in [0.15, 0.2) is 54.6 Å². The van der Waals surface area contributed by atoms with Crippen molar-refractivity contribution in [2.75, 3.05) is 31.1 Å². The average Bonchev–Trinajstić information content (AvgIpc) is 2.79. The van der Waals surface area contributed by atoms with Crippen molar-refractivity contribution in [2.45, 2.75) is 32.9 Å². The SMILES string of the molecule is CC(NC(=O)c1nnc(N2CCN(C(C)C)CC2)c2ccccc12)c1ccccc1. The number of carbonyl (C=O) groups excluding carboxylic acids is 1. The molecule has 0 aliphatic carbocycles. The number of aromatic nitrogens is 2. The van der Waals surface area contributed by atoms with Crippen molar-refractivity contribution in [1.29, 1.82) is 0 Å². The van der Waals surface area contributed by atoms with Crippen molar-refractivity contribution >= 4 is 22.5 Å². The molecule has 1 amide bonds. The lowest BCUT2D eigenvalue weighted by Gasteiger charge is -2.37. The smallest absolute Gasteiger partial charge is 0.272 e. The molecule has 1 unspecified atom stereocenters. The number of rotatable bonds is 5. The number of hydrogen-bond acceptors (Lipinski definition) is 5. The Kier molecular flexibility index (Phi) is 5.95. The zero-order chi connectivity index (χ0) is 21.1. The summed E-state index contributed by atoms with van der Waals surface area (Å²) in [7, 11) is 0. The largest absolute Gasteiger partial charge is 0.352 e. The van der Waals surface area contributed by atoms with Gasteiger partial charge in [-0.15, -0.1) is 10.2 Å². The lowest BCUT2D eigenvalue weighted by molar-refractivity contribution is 0.0935. The van der Waals surface area contributed by atoms with Gasteiger partial charge in [-0.2, -0.15) is 0 Å². The van der Waals surface area contributed by atoms with E-state index in [1.807, 2.05) is 61.5 Å². The molecule has 1 saturated heterocycles. The van der Waals surface area contributed by atoms with Crippen LogP contribution >= 0.6 is 0 Å². The van der Waals surface area contributed by atoms with Crippen molar-refractivity contribution in [2.24, 2.45) is 0 Å². The molecule has 0 spiro atoms. The molecule has 2 heterocycles. The molecule has 6 heteroatoms. The lowest BCUT2D eigenvalue weighted by atomic mass is 10.1. The van der Waals surface area contributed by atoms with Crippen molar-refractivity contribution in [3.05, 3.63) is 65.9 Å². The molecule has 0 saturated carbocycles. The van der Waals surface area contributed by atoms with Crippen molar-refractivity contribution < 1.29 is 4.79 Å². The Morgan fingerprint density at radius 3 is 2.17 bits per heavy atom. The number of piperazine rings is 1. The maximum Gasteiger partial charge on any atom is 0.272 e. The van der Waals surface area contributed by atoms with Gasteiger partial charge in [-0.3, -0.25) is 9.69 Å². The second-order valence-corrected chi connectivity index (χ2v) is 8.14. The number of hydrogen-bond donors (Lipinski definition) is 1. The number of amides is 1. The molecular weight excluding hydrogens is 374 g/mol. The molecule has 1 fully saturated rings. The molecule has 4 rings (SSSR count). The number of benzene rings is 2. The third kappa shape index (κ3) is 4.14. The molecule has 1 atom stereocenters. The van der Waals surface area contributed by atoms with E-state index in [0.717, 1.165) is 48.3 Å². The molecule has 0 radical (unpaired) electrons. The third-order valence-corrected chi connectivity index (χ3v) is 5.87. The Balaban J connectivity index is 1.59. The van der Waals surface area contributed by atoms with Crippen LogP contribution in [-0.4, -0.2) is 53.2 Å². The van der Waals surface area contributed by atoms with E-state index < -0.39 is 0 Å². The van der Waals surface area contributed by atoms with Crippen LogP contribution in [0, 0.1) is 0 Å². The summed E-state index contributed by atoms with van der Waals surface area (Å²) in [6.07, 6.45) is 0. The number of anilines is 1. The summed E-state index contributed by atoms with van der Waals surface area (Å²) >= 11 is 0. The predicted octanol–water partition coefficient (Wildman–Crippen LogP) is 3.65. The Bertz CT molecular complexity index is 1010. The zero-order valence-corrected chi connectivity index (χ0v) is 17.9. The molecule has 1 aliphatic rings. The number of fused-ring (bicyclic) bond motifs is 1. The summed E-state index contributed by atoms with van der Waals surface area (Å²) in [4.78, 5) is 17.8. The molecule has 0 bridgehead atoms. The Morgan fingerprint density at radius 2 is 1.50 bits per heavy atom. The minimum Gasteiger partial charge on any atom is -0.352 e. The topological polar surface area (TPSA) is 61.4 Å². The van der Waals surface area contributed by atoms with Crippen LogP contribution in [-0.2, 0) is 0 Å². The van der Waals surface area contributed by atoms with Gasteiger partial charge < -0.3 is 10.2 Å². The maximum absolute atomic E-state index is 13.0. The van der Waals surface area contributed by atoms with Gasteiger partial charge in [-0.1, -0.05) is 54.6 Å². The highest BCUT2D eigenvalue weighted by Crippen LogP contribution is 2.27. The summed E-state index contributed by atoms with van der Waals surface area (Å²) in [5, 5.41) is 13.7. The highest BCUT2D eigenvalue weighted by molar-refractivity contribution is 6.07. The zero-order valence-electron chi connectivity index (χ0n) is 17.9. The van der Waals surface area contributed by atoms with Crippen LogP contribution < -0.4 is 10.2 Å². The van der Waals surface area contributed by atoms with E-state index in [1.54, 1.807) is 0 Å². The summed E-state index contributed by atoms with van der Waals surface area (Å²) in [6, 6.07) is 18.3. The summed E-state index contributed by atoms with van der Waals surface area (Å²) in [5.41, 5.74) is 1.43. The molecule has 3 aromatic rings. The van der Waals surface area contributed by atoms with Gasteiger partial charge in [0.05, 0.1) is 6.04 Å². The first-order valence-electron chi connectivity index (χ1n) is 10.6. The fourth-order valence-electron chi connectivity index (χ4n) is 4.03. The maximum atomic E-state index is 13.0. The fraction of sp³-hybridized carbons (Fsp3) is 0.375. The van der Waals surface area contributed by atoms with Crippen molar-refractivity contribution in [3.8, 4) is 0 Å². The quantitative estimate of drug-likeness (QED) is 0.705. The van der Waals surface area contributed by atoms with Crippen molar-refractivity contribution in [1.82, 2.24) is 20.4 Å². The highest BCUT2D eigenvalue weighted by atomic mass is 16.2. The van der Waals surface area contributed by atoms with Gasteiger partial charge in [0.2, 0.25) is 0 Å². The van der Waals surface area contributed by atoms with Gasteiger partial charge in [0, 0.05) is 43.0 Å². The van der Waals surface area contributed by atoms with Gasteiger partial charge in [-0.05, 0) is 26.3 Å². The second-order valence-electron chi connectivity index (χ2n) is 8.14. The predicted molar refractivity (Wildman–Crippen MR) is 121 cm³/mol. The first-order valence-corrected chi connectivity index (χ1v) is 10.6. The van der Waals surface area contributed by atoms with E-state index in [9.17, 15) is 4.79 Å². The summed E-state index contributed by atoms with van der Waals surface area (Å²) in [5.74, 6) is 0.660. The minimum absolute atomic E-state index is 0.108. The van der Waals surface area contributed by atoms with Gasteiger partial charge in [0.1, 0.15) is 0 Å². The average molecular weight is 404 g/mol. The van der Waals surface area contributed by atoms with Gasteiger partial charge in [-0.25, -0.2) is 0 Å². The minimum atomic E-state index is -0.203. The number of nitrogens with zero attached hydrogens (tertiary/aromatic N) is 4. The van der Waals surface area contributed by atoms with Crippen LogP contribution in [0.25, 0.3) is 10.8 Å². The van der Waals surface area contributed by atoms with E-state index in [4.69, 9.17) is 0 Å². The molecule has 1 aromatic heterocycles. The lowest BCUT2D eigenvalue weighted by Crippen LogP contribution is -2.49. The first-order chi connectivity index (χ1) is 14.5. The standard InChI is InChI=1S/C24H29N5O/c1-17(2)28-13-15-29(16-14-28)23-21-12-8-7-11-20(21)22(26-27-23)24(30)25-18(3)19-9-5-4-6-10-19/h4-12,17-18H,13-16H2,1-3H3,(H,25,30). The molecule has 1 N–H and O–H groups in total. The normalized spacial score (nSPS) is 16.1. The van der Waals surface area contributed by atoms with Crippen LogP contribution in [0.3, 0.4) is 0 Å². The summed E-state index contributed by atoms with van der Waals surface area (Å²) < 4.78 is 0. The van der Waals surface area contributed by atoms with Crippen LogP contribution in [0.2, 0.25) is 0 Å². The van der Waals surface area contributed by atoms with Crippen LogP contribution in [0.4, 0.5) is 5.82 Å². The molecule has 6 nitrogen and oxygen atoms in total. The third-order valence-electron chi connectivity index (χ3n) is 5.87. The molecule has 2 aromatic carbocycles. The Morgan fingerprint density at radius 1 is 0.867 bits per heavy atom. The number of nitrogens with one attached hydrogen (secondary N) is 1. The van der Waals surface area contributed by atoms with Crippen LogP contribution in [0.1, 0.15) is 42.9 Å². The number of carbonyl (C=O) groups is 1. The molecular formula is C24H29N5O. The highest BCUT2D eigenvalue weighted by Gasteiger charge is 2.24. The fourth-order valence-corrected chi connectivity index (χ4v) is 4.03. The Labute approximate surface area is 177 Å². The van der Waals surface area contributed by atoms with E-state index in [1.165, 1.54) is 0 Å². The molecule has 156 valence electrons. The van der Waals surface area contributed by atoms with E-state index in [0.29, 0.717) is 11.7 Å².